The van der Waals surface area contributed by atoms with E-state index in [1.807, 2.05) is 54.3 Å². The van der Waals surface area contributed by atoms with Gasteiger partial charge in [-0.15, -0.1) is 9.78 Å². The number of carbonyl (C=O) groups is 2. The van der Waals surface area contributed by atoms with Gasteiger partial charge in [-0.1, -0.05) is 48.4 Å². The third-order valence-corrected chi connectivity index (χ3v) is 9.99. The summed E-state index contributed by atoms with van der Waals surface area (Å²) in [6, 6.07) is 14.2. The molecule has 3 aliphatic rings. The third kappa shape index (κ3) is 5.08. The number of piperidine rings is 1. The van der Waals surface area contributed by atoms with Crippen molar-refractivity contribution in [2.24, 2.45) is 5.92 Å². The second kappa shape index (κ2) is 11.9. The lowest BCUT2D eigenvalue weighted by atomic mass is 9.78. The Labute approximate surface area is 251 Å². The molecule has 7 rings (SSSR count). The molecule has 1 aromatic carbocycles. The predicted molar refractivity (Wildman–Crippen MR) is 160 cm³/mol. The lowest BCUT2D eigenvalue weighted by Gasteiger charge is -2.43. The van der Waals surface area contributed by atoms with Crippen LogP contribution >= 0.6 is 0 Å². The molecule has 1 aliphatic heterocycles. The van der Waals surface area contributed by atoms with Gasteiger partial charge in [-0.25, -0.2) is 14.2 Å². The molecule has 43 heavy (non-hydrogen) atoms. The molecule has 2 unspecified atom stereocenters. The summed E-state index contributed by atoms with van der Waals surface area (Å²) >= 11 is 0. The van der Waals surface area contributed by atoms with Crippen LogP contribution in [0.5, 0.6) is 0 Å². The number of pyridine rings is 1. The molecule has 2 saturated carbocycles. The Hall–Kier alpha value is -4.15. The molecule has 2 amide bonds. The van der Waals surface area contributed by atoms with Gasteiger partial charge in [0.1, 0.15) is 11.1 Å². The molecule has 0 bridgehead atoms. The van der Waals surface area contributed by atoms with E-state index in [2.05, 4.69) is 36.3 Å². The summed E-state index contributed by atoms with van der Waals surface area (Å²) in [5.41, 5.74) is 3.12. The van der Waals surface area contributed by atoms with Crippen LogP contribution in [-0.2, 0) is 0 Å². The van der Waals surface area contributed by atoms with Crippen LogP contribution in [0.15, 0.2) is 54.9 Å². The summed E-state index contributed by atoms with van der Waals surface area (Å²) in [5, 5.41) is 17.1. The van der Waals surface area contributed by atoms with Gasteiger partial charge in [0, 0.05) is 30.7 Å². The van der Waals surface area contributed by atoms with E-state index in [4.69, 9.17) is 0 Å². The molecule has 11 heteroatoms. The maximum Gasteiger partial charge on any atom is 0.378 e. The number of fused-ring (bicyclic) bond motifs is 2. The summed E-state index contributed by atoms with van der Waals surface area (Å²) in [6.07, 6.45) is 14.3. The smallest absolute Gasteiger partial charge is 0.320 e. The second-order valence-corrected chi connectivity index (χ2v) is 12.3. The summed E-state index contributed by atoms with van der Waals surface area (Å²) in [6.45, 7) is 3.41. The maximum atomic E-state index is 13.8. The second-order valence-electron chi connectivity index (χ2n) is 12.3. The van der Waals surface area contributed by atoms with Gasteiger partial charge in [0.2, 0.25) is 0 Å². The van der Waals surface area contributed by atoms with E-state index in [0.29, 0.717) is 24.2 Å². The van der Waals surface area contributed by atoms with Crippen molar-refractivity contribution in [3.05, 3.63) is 54.9 Å². The normalized spacial score (nSPS) is 24.1. The van der Waals surface area contributed by atoms with E-state index in [1.54, 1.807) is 6.20 Å². The highest BCUT2D eigenvalue weighted by Crippen LogP contribution is 2.36. The van der Waals surface area contributed by atoms with Crippen LogP contribution in [0.25, 0.3) is 22.4 Å². The van der Waals surface area contributed by atoms with Gasteiger partial charge in [-0.3, -0.25) is 0 Å². The van der Waals surface area contributed by atoms with Crippen LogP contribution in [0.3, 0.4) is 0 Å². The number of hydrogen-bond donors (Lipinski definition) is 0. The van der Waals surface area contributed by atoms with Gasteiger partial charge in [0.15, 0.2) is 5.52 Å². The topological polar surface area (TPSA) is 106 Å². The van der Waals surface area contributed by atoms with Crippen LogP contribution in [0, 0.1) is 5.92 Å². The standard InChI is InChI=1S/C32H40N9O2/c1-2-37(31(42)41-29(22-33-35-41)24-10-4-3-5-11-24)25-16-18-26(19-17-25)38-20-9-15-28-30(38)34-36-40(28)32(43)39-21-8-13-23-12-6-7-14-27(23)39/h3-5,9-11,15,20,22-23,25-27H,2,6-8,12-14,16-19,21H2,1H3/q+1. The minimum Gasteiger partial charge on any atom is -0.320 e. The van der Waals surface area contributed by atoms with Crippen molar-refractivity contribution in [3.8, 4) is 11.3 Å². The van der Waals surface area contributed by atoms with E-state index < -0.39 is 0 Å². The van der Waals surface area contributed by atoms with Crippen molar-refractivity contribution < 1.29 is 14.2 Å². The molecular weight excluding hydrogens is 542 g/mol. The van der Waals surface area contributed by atoms with Gasteiger partial charge in [0.05, 0.1) is 23.3 Å². The number of amides is 2. The lowest BCUT2D eigenvalue weighted by Crippen LogP contribution is -2.51. The average molecular weight is 583 g/mol. The van der Waals surface area contributed by atoms with Crippen molar-refractivity contribution >= 4 is 23.2 Å². The van der Waals surface area contributed by atoms with Gasteiger partial charge in [0.25, 0.3) is 0 Å². The SMILES string of the molecule is CCN(C(=O)n1nncc1-c1ccccc1)C1CCC([n+]2cccc3c2nnn3C(=O)N2CCCC3CCCCC32)CC1. The Morgan fingerprint density at radius 3 is 2.51 bits per heavy atom. The molecule has 0 spiro atoms. The molecule has 224 valence electrons. The highest BCUT2D eigenvalue weighted by molar-refractivity contribution is 5.85. The first kappa shape index (κ1) is 27.7. The quantitative estimate of drug-likeness (QED) is 0.311. The van der Waals surface area contributed by atoms with Crippen molar-refractivity contribution in [2.75, 3.05) is 13.1 Å². The first-order valence-corrected chi connectivity index (χ1v) is 16.0. The van der Waals surface area contributed by atoms with Crippen LogP contribution in [0.2, 0.25) is 0 Å². The molecule has 3 fully saturated rings. The molecule has 3 aromatic heterocycles. The van der Waals surface area contributed by atoms with Crippen molar-refractivity contribution in [1.29, 1.82) is 0 Å². The van der Waals surface area contributed by atoms with Crippen LogP contribution in [0.4, 0.5) is 9.59 Å². The van der Waals surface area contributed by atoms with Gasteiger partial charge in [-0.2, -0.15) is 4.68 Å². The Morgan fingerprint density at radius 1 is 0.907 bits per heavy atom. The first-order chi connectivity index (χ1) is 21.1. The Bertz CT molecular complexity index is 1590. The van der Waals surface area contributed by atoms with E-state index in [9.17, 15) is 9.59 Å². The first-order valence-electron chi connectivity index (χ1n) is 16.0. The van der Waals surface area contributed by atoms with E-state index in [-0.39, 0.29) is 24.1 Å². The van der Waals surface area contributed by atoms with Gasteiger partial charge >= 0.3 is 17.7 Å². The van der Waals surface area contributed by atoms with E-state index in [0.717, 1.165) is 61.8 Å². The lowest BCUT2D eigenvalue weighted by molar-refractivity contribution is -0.703. The zero-order valence-electron chi connectivity index (χ0n) is 24.8. The summed E-state index contributed by atoms with van der Waals surface area (Å²) in [7, 11) is 0. The van der Waals surface area contributed by atoms with Crippen LogP contribution in [0.1, 0.15) is 77.2 Å². The third-order valence-electron chi connectivity index (χ3n) is 9.99. The molecule has 0 N–H and O–H groups in total. The van der Waals surface area contributed by atoms with E-state index >= 15 is 0 Å². The van der Waals surface area contributed by atoms with Crippen LogP contribution in [-0.4, -0.2) is 77.0 Å². The fourth-order valence-corrected chi connectivity index (χ4v) is 7.83. The van der Waals surface area contributed by atoms with E-state index in [1.165, 1.54) is 35.0 Å². The average Bonchev–Trinajstić information content (AvgIpc) is 3.73. The predicted octanol–water partition coefficient (Wildman–Crippen LogP) is 5.07. The van der Waals surface area contributed by atoms with Crippen molar-refractivity contribution in [3.63, 3.8) is 0 Å². The maximum absolute atomic E-state index is 13.8. The molecule has 0 radical (unpaired) electrons. The fourth-order valence-electron chi connectivity index (χ4n) is 7.83. The number of likely N-dealkylation sites (tertiary alicyclic amines) is 1. The molecule has 2 atom stereocenters. The number of carbonyl (C=O) groups excluding carboxylic acids is 2. The Kier molecular flexibility index (Phi) is 7.63. The number of aromatic nitrogens is 7. The van der Waals surface area contributed by atoms with Crippen molar-refractivity contribution in [2.45, 2.75) is 89.3 Å². The molecule has 4 heterocycles. The molecule has 4 aromatic rings. The number of nitrogens with zero attached hydrogens (tertiary/aromatic N) is 9. The zero-order chi connectivity index (χ0) is 29.3. The molecule has 1 saturated heterocycles. The summed E-state index contributed by atoms with van der Waals surface area (Å²) in [5.74, 6) is 0.616. The molecular formula is C32H40N9O2+. The van der Waals surface area contributed by atoms with Gasteiger partial charge in [-0.05, 0) is 76.3 Å². The number of hydrogen-bond acceptors (Lipinski definition) is 6. The summed E-state index contributed by atoms with van der Waals surface area (Å²) < 4.78 is 5.13. The molecule has 11 nitrogen and oxygen atoms in total. The monoisotopic (exact) mass is 582 g/mol. The summed E-state index contributed by atoms with van der Waals surface area (Å²) in [4.78, 5) is 31.4. The minimum atomic E-state index is -0.142. The fraction of sp³-hybridized carbons (Fsp3) is 0.531. The van der Waals surface area contributed by atoms with Crippen LogP contribution < -0.4 is 4.57 Å². The molecule has 2 aliphatic carbocycles. The number of benzene rings is 1. The Morgan fingerprint density at radius 2 is 1.70 bits per heavy atom. The Balaban J connectivity index is 1.06. The highest BCUT2D eigenvalue weighted by atomic mass is 16.2. The highest BCUT2D eigenvalue weighted by Gasteiger charge is 2.39. The minimum absolute atomic E-state index is 0.0411. The van der Waals surface area contributed by atoms with Crippen molar-refractivity contribution in [1.82, 2.24) is 39.8 Å². The number of rotatable bonds is 4. The zero-order valence-corrected chi connectivity index (χ0v) is 24.8. The largest absolute Gasteiger partial charge is 0.378 e. The van der Waals surface area contributed by atoms with Gasteiger partial charge < -0.3 is 9.80 Å².